The molecule has 0 aliphatic carbocycles. The number of hydrogen-bond acceptors (Lipinski definition) is 4. The third-order valence-electron chi connectivity index (χ3n) is 1.88. The summed E-state index contributed by atoms with van der Waals surface area (Å²) in [6, 6.07) is 0. The molecule has 92 valence electrons. The maximum Gasteiger partial charge on any atom is 0.285 e. The predicted octanol–water partition coefficient (Wildman–Crippen LogP) is -0.602. The van der Waals surface area contributed by atoms with Crippen molar-refractivity contribution >= 4 is 27.6 Å². The fourth-order valence-corrected chi connectivity index (χ4v) is 3.00. The van der Waals surface area contributed by atoms with Crippen molar-refractivity contribution < 1.29 is 13.5 Å². The van der Waals surface area contributed by atoms with Crippen LogP contribution >= 0.6 is 11.6 Å². The van der Waals surface area contributed by atoms with E-state index >= 15 is 0 Å². The predicted molar refractivity (Wildman–Crippen MR) is 58.3 cm³/mol. The lowest BCUT2D eigenvalue weighted by atomic mass is 10.6. The van der Waals surface area contributed by atoms with E-state index < -0.39 is 15.1 Å². The zero-order valence-electron chi connectivity index (χ0n) is 8.30. The standard InChI is InChI=1S/C6H11ClN4O4S/c7-2-1-5-16(14,15)10-4-3-8-6(10)9-11(12)13/h1-5H2,(H,8,9). The molecule has 0 unspecified atom stereocenters. The quantitative estimate of drug-likeness (QED) is 0.408. The Morgan fingerprint density at radius 2 is 2.31 bits per heavy atom. The van der Waals surface area contributed by atoms with Crippen LogP contribution in [0.15, 0.2) is 5.10 Å². The summed E-state index contributed by atoms with van der Waals surface area (Å²) in [5, 5.41) is 14.8. The van der Waals surface area contributed by atoms with E-state index in [1.165, 1.54) is 0 Å². The van der Waals surface area contributed by atoms with Crippen LogP contribution in [0.4, 0.5) is 0 Å². The second-order valence-electron chi connectivity index (χ2n) is 3.02. The van der Waals surface area contributed by atoms with Gasteiger partial charge in [0.2, 0.25) is 10.0 Å². The van der Waals surface area contributed by atoms with Gasteiger partial charge in [0.1, 0.15) is 5.10 Å². The van der Waals surface area contributed by atoms with Crippen LogP contribution in [0.1, 0.15) is 6.42 Å². The lowest BCUT2D eigenvalue weighted by Crippen LogP contribution is -2.37. The molecule has 16 heavy (non-hydrogen) atoms. The summed E-state index contributed by atoms with van der Waals surface area (Å²) in [7, 11) is -3.57. The van der Waals surface area contributed by atoms with Crippen molar-refractivity contribution in [1.82, 2.24) is 9.62 Å². The highest BCUT2D eigenvalue weighted by molar-refractivity contribution is 7.89. The van der Waals surface area contributed by atoms with Gasteiger partial charge < -0.3 is 5.32 Å². The van der Waals surface area contributed by atoms with E-state index in [2.05, 4.69) is 10.4 Å². The van der Waals surface area contributed by atoms with Crippen molar-refractivity contribution in [3.63, 3.8) is 0 Å². The van der Waals surface area contributed by atoms with Crippen molar-refractivity contribution in [3.8, 4) is 0 Å². The van der Waals surface area contributed by atoms with Crippen molar-refractivity contribution in [1.29, 1.82) is 0 Å². The smallest absolute Gasteiger partial charge is 0.285 e. The third kappa shape index (κ3) is 3.20. The Hall–Kier alpha value is -1.09. The Balaban J connectivity index is 2.82. The minimum absolute atomic E-state index is 0.144. The van der Waals surface area contributed by atoms with Crippen molar-refractivity contribution in [2.75, 3.05) is 24.7 Å². The lowest BCUT2D eigenvalue weighted by Gasteiger charge is -2.15. The maximum absolute atomic E-state index is 11.7. The SMILES string of the molecule is O=[N+]([O-])/N=C1/NCCN1S(=O)(=O)CCCCl. The van der Waals surface area contributed by atoms with Gasteiger partial charge in [-0.05, 0) is 6.42 Å². The van der Waals surface area contributed by atoms with E-state index in [0.29, 0.717) is 13.0 Å². The second-order valence-corrected chi connectivity index (χ2v) is 5.41. The number of hydrazone groups is 1. The number of hydrogen-bond donors (Lipinski definition) is 1. The van der Waals surface area contributed by atoms with Gasteiger partial charge in [-0.3, -0.25) is 0 Å². The Kier molecular flexibility index (Phi) is 4.30. The first-order valence-electron chi connectivity index (χ1n) is 4.50. The van der Waals surface area contributed by atoms with Gasteiger partial charge in [-0.15, -0.1) is 11.6 Å². The molecular weight excluding hydrogens is 260 g/mol. The van der Waals surface area contributed by atoms with Crippen LogP contribution in [-0.2, 0) is 10.0 Å². The number of nitrogens with zero attached hydrogens (tertiary/aromatic N) is 3. The number of nitrogens with one attached hydrogen (secondary N) is 1. The Bertz CT molecular complexity index is 395. The molecule has 1 N–H and O–H groups in total. The minimum Gasteiger partial charge on any atom is -0.348 e. The number of halogens is 1. The maximum atomic E-state index is 11.7. The van der Waals surface area contributed by atoms with Crippen LogP contribution in [0.25, 0.3) is 0 Å². The molecule has 0 aromatic rings. The molecule has 1 heterocycles. The first-order valence-corrected chi connectivity index (χ1v) is 6.65. The van der Waals surface area contributed by atoms with Gasteiger partial charge in [-0.1, -0.05) is 0 Å². The molecule has 1 rings (SSSR count). The Labute approximate surface area is 97.5 Å². The molecule has 1 fully saturated rings. The Morgan fingerprint density at radius 3 is 2.88 bits per heavy atom. The zero-order chi connectivity index (χ0) is 12.2. The number of alkyl halides is 1. The van der Waals surface area contributed by atoms with E-state index in [1.807, 2.05) is 0 Å². The average Bonchev–Trinajstić information content (AvgIpc) is 2.62. The van der Waals surface area contributed by atoms with Gasteiger partial charge in [0.25, 0.3) is 5.96 Å². The highest BCUT2D eigenvalue weighted by atomic mass is 35.5. The largest absolute Gasteiger partial charge is 0.348 e. The van der Waals surface area contributed by atoms with E-state index in [9.17, 15) is 18.5 Å². The summed E-state index contributed by atoms with van der Waals surface area (Å²) >= 11 is 5.40. The highest BCUT2D eigenvalue weighted by Crippen LogP contribution is 2.08. The monoisotopic (exact) mass is 270 g/mol. The summed E-state index contributed by atoms with van der Waals surface area (Å²) in [6.07, 6.45) is 0.298. The van der Waals surface area contributed by atoms with Gasteiger partial charge >= 0.3 is 0 Å². The van der Waals surface area contributed by atoms with Crippen LogP contribution in [0.3, 0.4) is 0 Å². The van der Waals surface area contributed by atoms with Crippen LogP contribution in [-0.4, -0.2) is 48.4 Å². The van der Waals surface area contributed by atoms with Gasteiger partial charge in [0.05, 0.1) is 12.3 Å². The molecule has 0 atom stereocenters. The second kappa shape index (κ2) is 5.30. The average molecular weight is 271 g/mol. The Morgan fingerprint density at radius 1 is 1.62 bits per heavy atom. The van der Waals surface area contributed by atoms with Crippen LogP contribution < -0.4 is 5.32 Å². The van der Waals surface area contributed by atoms with Gasteiger partial charge in [-0.25, -0.2) is 22.8 Å². The summed E-state index contributed by atoms with van der Waals surface area (Å²) in [4.78, 5) is 10.2. The van der Waals surface area contributed by atoms with E-state index in [-0.39, 0.29) is 24.1 Å². The molecule has 0 amide bonds. The number of sulfonamides is 1. The fraction of sp³-hybridized carbons (Fsp3) is 0.833. The summed E-state index contributed by atoms with van der Waals surface area (Å²) < 4.78 is 24.3. The summed E-state index contributed by atoms with van der Waals surface area (Å²) in [6.45, 7) is 0.462. The van der Waals surface area contributed by atoms with Gasteiger partial charge in [0, 0.05) is 12.4 Å². The summed E-state index contributed by atoms with van der Waals surface area (Å²) in [5.74, 6) is -0.156. The van der Waals surface area contributed by atoms with Gasteiger partial charge in [0.15, 0.2) is 5.03 Å². The molecule has 0 saturated carbocycles. The van der Waals surface area contributed by atoms with Crippen LogP contribution in [0.2, 0.25) is 0 Å². The first-order chi connectivity index (χ1) is 7.47. The molecule has 10 heteroatoms. The third-order valence-corrected chi connectivity index (χ3v) is 3.98. The highest BCUT2D eigenvalue weighted by Gasteiger charge is 2.31. The molecule has 1 aliphatic heterocycles. The number of nitro groups is 1. The fourth-order valence-electron chi connectivity index (χ4n) is 1.24. The molecular formula is C6H11ClN4O4S. The molecule has 1 aliphatic rings. The summed E-state index contributed by atoms with van der Waals surface area (Å²) in [5.41, 5.74) is 0. The number of guanidine groups is 1. The molecule has 0 bridgehead atoms. The number of rotatable bonds is 5. The zero-order valence-corrected chi connectivity index (χ0v) is 9.87. The van der Waals surface area contributed by atoms with Crippen molar-refractivity contribution in [3.05, 3.63) is 10.1 Å². The lowest BCUT2D eigenvalue weighted by molar-refractivity contribution is -0.485. The van der Waals surface area contributed by atoms with E-state index in [0.717, 1.165) is 4.31 Å². The van der Waals surface area contributed by atoms with E-state index in [1.54, 1.807) is 0 Å². The molecule has 0 aromatic heterocycles. The van der Waals surface area contributed by atoms with Gasteiger partial charge in [-0.2, -0.15) is 0 Å². The van der Waals surface area contributed by atoms with E-state index in [4.69, 9.17) is 11.6 Å². The minimum atomic E-state index is -3.57. The topological polar surface area (TPSA) is 105 Å². The molecule has 1 saturated heterocycles. The molecule has 8 nitrogen and oxygen atoms in total. The normalized spacial score (nSPS) is 18.8. The molecule has 0 aromatic carbocycles. The van der Waals surface area contributed by atoms with Crippen LogP contribution in [0.5, 0.6) is 0 Å². The van der Waals surface area contributed by atoms with Crippen LogP contribution in [0, 0.1) is 10.1 Å². The molecule has 0 radical (unpaired) electrons. The van der Waals surface area contributed by atoms with Crippen molar-refractivity contribution in [2.24, 2.45) is 5.10 Å². The van der Waals surface area contributed by atoms with Crippen molar-refractivity contribution in [2.45, 2.75) is 6.42 Å². The molecule has 0 spiro atoms. The first kappa shape index (κ1) is 13.0.